The van der Waals surface area contributed by atoms with Crippen LogP contribution in [0.3, 0.4) is 0 Å². The number of aromatic nitrogens is 2. The highest BCUT2D eigenvalue weighted by atomic mass is 31.2. The molecule has 10 nitrogen and oxygen atoms in total. The van der Waals surface area contributed by atoms with Crippen molar-refractivity contribution in [3.05, 3.63) is 80.7 Å². The lowest BCUT2D eigenvalue weighted by molar-refractivity contribution is -0.138. The van der Waals surface area contributed by atoms with Crippen LogP contribution in [-0.4, -0.2) is 52.3 Å². The Labute approximate surface area is 206 Å². The van der Waals surface area contributed by atoms with E-state index in [0.29, 0.717) is 4.57 Å². The molecule has 2 atom stereocenters. The number of carbonyl (C=O) groups is 1. The van der Waals surface area contributed by atoms with Crippen molar-refractivity contribution >= 4 is 24.4 Å². The lowest BCUT2D eigenvalue weighted by Crippen LogP contribution is -2.45. The fourth-order valence-electron chi connectivity index (χ4n) is 4.37. The van der Waals surface area contributed by atoms with Crippen molar-refractivity contribution in [2.24, 2.45) is 0 Å². The highest BCUT2D eigenvalue weighted by molar-refractivity contribution is 7.54. The Kier molecular flexibility index (Phi) is 7.67. The topological polar surface area (TPSA) is 109 Å². The van der Waals surface area contributed by atoms with E-state index in [1.807, 2.05) is 0 Å². The van der Waals surface area contributed by atoms with Gasteiger partial charge in [0.2, 0.25) is 0 Å². The van der Waals surface area contributed by atoms with Crippen LogP contribution in [0.1, 0.15) is 30.6 Å². The summed E-state index contributed by atoms with van der Waals surface area (Å²) in [6, 6.07) is 11.5. The molecule has 0 N–H and O–H groups in total. The molecule has 1 aromatic heterocycles. The molecular formula is C24H27FN3O7P. The highest BCUT2D eigenvalue weighted by Crippen LogP contribution is 2.57. The van der Waals surface area contributed by atoms with E-state index in [1.165, 1.54) is 33.9 Å². The standard InChI is InChI=1S/C24H27FN3O7P/c1-4-33-36(32,34-5-2)21-14-16(35-26(21)3)15-27-20-13-9-7-11-18(20)23(30)28(24(27)31)22(29)17-10-6-8-12-19(17)25/h6-13,16,21H,4-5,14-15H2,1-3H3/t16-,21+/m0/s1. The van der Waals surface area contributed by atoms with E-state index < -0.39 is 48.0 Å². The molecule has 36 heavy (non-hydrogen) atoms. The summed E-state index contributed by atoms with van der Waals surface area (Å²) in [7, 11) is -1.95. The molecule has 0 aliphatic carbocycles. The molecule has 2 aromatic carbocycles. The summed E-state index contributed by atoms with van der Waals surface area (Å²) < 4.78 is 40.2. The van der Waals surface area contributed by atoms with Crippen LogP contribution in [0.2, 0.25) is 0 Å². The monoisotopic (exact) mass is 519 g/mol. The van der Waals surface area contributed by atoms with Crippen LogP contribution in [0.4, 0.5) is 4.39 Å². The lowest BCUT2D eigenvalue weighted by atomic mass is 10.2. The summed E-state index contributed by atoms with van der Waals surface area (Å²) in [6.45, 7) is 3.71. The second kappa shape index (κ2) is 10.6. The number of fused-ring (bicyclic) bond motifs is 1. The molecule has 192 valence electrons. The number of para-hydroxylation sites is 1. The molecule has 4 rings (SSSR count). The Hall–Kier alpha value is -2.95. The maximum Gasteiger partial charge on any atom is 0.350 e. The molecule has 0 spiro atoms. The summed E-state index contributed by atoms with van der Waals surface area (Å²) in [5.41, 5.74) is -1.89. The van der Waals surface area contributed by atoms with Crippen LogP contribution in [-0.2, 0) is 25.0 Å². The Bertz CT molecular complexity index is 1440. The summed E-state index contributed by atoms with van der Waals surface area (Å²) >= 11 is 0. The molecule has 1 aliphatic rings. The third-order valence-electron chi connectivity index (χ3n) is 5.94. The molecule has 0 unspecified atom stereocenters. The molecule has 0 radical (unpaired) electrons. The van der Waals surface area contributed by atoms with E-state index in [0.717, 1.165) is 6.07 Å². The summed E-state index contributed by atoms with van der Waals surface area (Å²) in [5, 5.41) is 1.50. The van der Waals surface area contributed by atoms with Crippen LogP contribution >= 0.6 is 7.60 Å². The predicted molar refractivity (Wildman–Crippen MR) is 130 cm³/mol. The Morgan fingerprint density at radius 3 is 2.39 bits per heavy atom. The number of hydrogen-bond donors (Lipinski definition) is 0. The van der Waals surface area contributed by atoms with Gasteiger partial charge >= 0.3 is 13.3 Å². The van der Waals surface area contributed by atoms with Gasteiger partial charge in [-0.2, -0.15) is 9.63 Å². The first-order valence-corrected chi connectivity index (χ1v) is 13.1. The van der Waals surface area contributed by atoms with Crippen LogP contribution in [0, 0.1) is 5.82 Å². The molecule has 0 amide bonds. The minimum atomic E-state index is -3.54. The Morgan fingerprint density at radius 2 is 1.72 bits per heavy atom. The predicted octanol–water partition coefficient (Wildman–Crippen LogP) is 3.22. The minimum Gasteiger partial charge on any atom is -0.308 e. The van der Waals surface area contributed by atoms with E-state index in [9.17, 15) is 23.3 Å². The van der Waals surface area contributed by atoms with Gasteiger partial charge in [0, 0.05) is 13.5 Å². The smallest absolute Gasteiger partial charge is 0.308 e. The lowest BCUT2D eigenvalue weighted by Gasteiger charge is -2.25. The van der Waals surface area contributed by atoms with Crippen molar-refractivity contribution in [3.63, 3.8) is 0 Å². The van der Waals surface area contributed by atoms with E-state index in [1.54, 1.807) is 39.1 Å². The molecular weight excluding hydrogens is 492 g/mol. The zero-order chi connectivity index (χ0) is 26.0. The zero-order valence-corrected chi connectivity index (χ0v) is 21.0. The fraction of sp³-hybridized carbons (Fsp3) is 0.375. The van der Waals surface area contributed by atoms with Gasteiger partial charge in [0.15, 0.2) is 0 Å². The number of hydroxylamine groups is 2. The van der Waals surface area contributed by atoms with E-state index in [2.05, 4.69) is 0 Å². The maximum absolute atomic E-state index is 14.3. The fourth-order valence-corrected chi connectivity index (χ4v) is 6.46. The van der Waals surface area contributed by atoms with Crippen molar-refractivity contribution in [1.29, 1.82) is 0 Å². The largest absolute Gasteiger partial charge is 0.350 e. The van der Waals surface area contributed by atoms with Crippen molar-refractivity contribution in [2.45, 2.75) is 38.7 Å². The Morgan fingerprint density at radius 1 is 1.08 bits per heavy atom. The molecule has 1 saturated heterocycles. The molecule has 1 fully saturated rings. The summed E-state index contributed by atoms with van der Waals surface area (Å²) in [6.07, 6.45) is -0.445. The van der Waals surface area contributed by atoms with Gasteiger partial charge in [-0.05, 0) is 38.1 Å². The summed E-state index contributed by atoms with van der Waals surface area (Å²) in [5.74, 6) is -2.63. The van der Waals surface area contributed by atoms with Crippen molar-refractivity contribution in [3.8, 4) is 0 Å². The third kappa shape index (κ3) is 4.72. The van der Waals surface area contributed by atoms with Crippen LogP contribution in [0.5, 0.6) is 0 Å². The minimum absolute atomic E-state index is 0.0662. The van der Waals surface area contributed by atoms with Crippen molar-refractivity contribution in [2.75, 3.05) is 20.3 Å². The van der Waals surface area contributed by atoms with Crippen LogP contribution in [0.15, 0.2) is 58.1 Å². The first-order valence-electron chi connectivity index (χ1n) is 11.5. The third-order valence-corrected chi connectivity index (χ3v) is 8.44. The molecule has 12 heteroatoms. The van der Waals surface area contributed by atoms with Crippen molar-refractivity contribution in [1.82, 2.24) is 14.2 Å². The van der Waals surface area contributed by atoms with Gasteiger partial charge in [-0.1, -0.05) is 24.3 Å². The van der Waals surface area contributed by atoms with Crippen molar-refractivity contribution < 1.29 is 27.6 Å². The highest BCUT2D eigenvalue weighted by Gasteiger charge is 2.46. The van der Waals surface area contributed by atoms with E-state index >= 15 is 0 Å². The molecule has 3 aromatic rings. The number of benzene rings is 2. The molecule has 1 aliphatic heterocycles. The van der Waals surface area contributed by atoms with Gasteiger partial charge in [-0.25, -0.2) is 9.18 Å². The average Bonchev–Trinajstić information content (AvgIpc) is 3.23. The molecule has 0 bridgehead atoms. The van der Waals surface area contributed by atoms with Gasteiger partial charge in [0.25, 0.3) is 11.5 Å². The number of rotatable bonds is 8. The number of hydrogen-bond acceptors (Lipinski definition) is 8. The van der Waals surface area contributed by atoms with Gasteiger partial charge in [0.1, 0.15) is 11.6 Å². The molecule has 0 saturated carbocycles. The maximum atomic E-state index is 14.3. The van der Waals surface area contributed by atoms with E-state index in [-0.39, 0.29) is 37.1 Å². The SMILES string of the molecule is CCOP(=O)(OCC)[C@@H]1C[C@@H](Cn2c(=O)n(C(=O)c3ccccc3F)c(=O)c3ccccc32)ON1C. The zero-order valence-electron chi connectivity index (χ0n) is 20.1. The Balaban J connectivity index is 1.77. The first-order chi connectivity index (χ1) is 17.2. The van der Waals surface area contributed by atoms with Gasteiger partial charge < -0.3 is 9.05 Å². The van der Waals surface area contributed by atoms with Gasteiger partial charge in [-0.3, -0.25) is 23.6 Å². The molecule has 2 heterocycles. The van der Waals surface area contributed by atoms with Crippen LogP contribution in [0.25, 0.3) is 10.9 Å². The number of nitrogens with zero attached hydrogens (tertiary/aromatic N) is 3. The van der Waals surface area contributed by atoms with Gasteiger partial charge in [0.05, 0.1) is 42.3 Å². The number of halogens is 1. The first kappa shape index (κ1) is 26.1. The average molecular weight is 519 g/mol. The second-order valence-corrected chi connectivity index (χ2v) is 10.4. The van der Waals surface area contributed by atoms with E-state index in [4.69, 9.17) is 13.9 Å². The quantitative estimate of drug-likeness (QED) is 0.418. The van der Waals surface area contributed by atoms with Gasteiger partial charge in [-0.15, -0.1) is 0 Å². The normalized spacial score (nSPS) is 18.7. The number of carbonyl (C=O) groups excluding carboxylic acids is 1. The van der Waals surface area contributed by atoms with Crippen LogP contribution < -0.4 is 11.2 Å². The summed E-state index contributed by atoms with van der Waals surface area (Å²) in [4.78, 5) is 45.6. The second-order valence-electron chi connectivity index (χ2n) is 8.20.